The number of rotatable bonds is 7. The molecule has 32 heavy (non-hydrogen) atoms. The molecular weight excluding hydrogens is 427 g/mol. The molecule has 0 spiro atoms. The van der Waals surface area contributed by atoms with Gasteiger partial charge >= 0.3 is 12.1 Å². The van der Waals surface area contributed by atoms with Gasteiger partial charge < -0.3 is 15.2 Å². The zero-order valence-corrected chi connectivity index (χ0v) is 17.0. The molecule has 2 aromatic carbocycles. The summed E-state index contributed by atoms with van der Waals surface area (Å²) in [6, 6.07) is 10.1. The number of hydrogen-bond acceptors (Lipinski definition) is 6. The van der Waals surface area contributed by atoms with Gasteiger partial charge in [0, 0.05) is 18.3 Å². The fourth-order valence-corrected chi connectivity index (χ4v) is 2.89. The third-order valence-corrected chi connectivity index (χ3v) is 4.49. The quantitative estimate of drug-likeness (QED) is 0.455. The van der Waals surface area contributed by atoms with E-state index >= 15 is 0 Å². The third kappa shape index (κ3) is 5.02. The fraction of sp³-hybridized carbons (Fsp3) is 0.182. The van der Waals surface area contributed by atoms with Crippen molar-refractivity contribution in [2.45, 2.75) is 26.4 Å². The summed E-state index contributed by atoms with van der Waals surface area (Å²) in [5.74, 6) is -2.41. The Bertz CT molecular complexity index is 1160. The van der Waals surface area contributed by atoms with Crippen molar-refractivity contribution < 1.29 is 32.6 Å². The zero-order valence-electron chi connectivity index (χ0n) is 17.0. The van der Waals surface area contributed by atoms with Crippen LogP contribution < -0.4 is 10.1 Å². The van der Waals surface area contributed by atoms with Crippen LogP contribution in [0.4, 0.5) is 24.8 Å². The number of nitrogens with zero attached hydrogens (tertiary/aromatic N) is 2. The predicted octanol–water partition coefficient (Wildman–Crippen LogP) is 5.63. The first-order chi connectivity index (χ1) is 15.1. The van der Waals surface area contributed by atoms with Gasteiger partial charge in [0.25, 0.3) is 0 Å². The highest BCUT2D eigenvalue weighted by molar-refractivity contribution is 6.00. The minimum atomic E-state index is -4.80. The number of ether oxygens (including phenoxy) is 1. The number of aromatic carboxylic acids is 1. The summed E-state index contributed by atoms with van der Waals surface area (Å²) in [6.07, 6.45) is -4.07. The van der Waals surface area contributed by atoms with Crippen molar-refractivity contribution in [1.82, 2.24) is 9.97 Å². The van der Waals surface area contributed by atoms with E-state index in [9.17, 15) is 22.8 Å². The van der Waals surface area contributed by atoms with E-state index < -0.39 is 23.6 Å². The van der Waals surface area contributed by atoms with Crippen LogP contribution in [0, 0.1) is 6.92 Å². The maximum Gasteiger partial charge on any atom is 0.423 e. The molecule has 3 aromatic rings. The van der Waals surface area contributed by atoms with E-state index in [4.69, 9.17) is 9.84 Å². The van der Waals surface area contributed by atoms with E-state index in [1.54, 1.807) is 26.0 Å². The highest BCUT2D eigenvalue weighted by Crippen LogP contribution is 2.38. The topological polar surface area (TPSA) is 101 Å². The average molecular weight is 445 g/mol. The zero-order chi connectivity index (χ0) is 23.5. The number of alkyl halides is 3. The second-order valence-electron chi connectivity index (χ2n) is 6.74. The molecule has 0 saturated heterocycles. The molecule has 0 aliphatic heterocycles. The summed E-state index contributed by atoms with van der Waals surface area (Å²) in [4.78, 5) is 30.8. The number of aromatic nitrogens is 2. The van der Waals surface area contributed by atoms with Gasteiger partial charge in [-0.1, -0.05) is 19.1 Å². The predicted molar refractivity (Wildman–Crippen MR) is 110 cm³/mol. The molecule has 0 bridgehead atoms. The fourth-order valence-electron chi connectivity index (χ4n) is 2.89. The summed E-state index contributed by atoms with van der Waals surface area (Å²) in [6.45, 7) is 3.30. The van der Waals surface area contributed by atoms with Crippen molar-refractivity contribution in [2.24, 2.45) is 0 Å². The Morgan fingerprint density at radius 3 is 2.41 bits per heavy atom. The number of halogens is 3. The van der Waals surface area contributed by atoms with Gasteiger partial charge in [-0.25, -0.2) is 9.78 Å². The van der Waals surface area contributed by atoms with E-state index in [2.05, 4.69) is 15.3 Å². The number of carbonyl (C=O) groups is 2. The smallest absolute Gasteiger partial charge is 0.423 e. The van der Waals surface area contributed by atoms with Gasteiger partial charge in [-0.3, -0.25) is 4.79 Å². The molecule has 0 unspecified atom stereocenters. The monoisotopic (exact) mass is 445 g/mol. The van der Waals surface area contributed by atoms with Crippen LogP contribution >= 0.6 is 0 Å². The van der Waals surface area contributed by atoms with Gasteiger partial charge in [0.1, 0.15) is 11.3 Å². The Balaban J connectivity index is 2.00. The molecule has 3 rings (SSSR count). The first-order valence-electron chi connectivity index (χ1n) is 9.45. The van der Waals surface area contributed by atoms with Crippen LogP contribution in [0.1, 0.15) is 45.2 Å². The molecule has 0 fully saturated rings. The van der Waals surface area contributed by atoms with Crippen molar-refractivity contribution in [3.05, 3.63) is 70.9 Å². The van der Waals surface area contributed by atoms with E-state index in [1.165, 1.54) is 30.3 Å². The van der Waals surface area contributed by atoms with Crippen LogP contribution in [0.2, 0.25) is 0 Å². The normalized spacial score (nSPS) is 11.2. The lowest BCUT2D eigenvalue weighted by molar-refractivity contribution is -0.139. The van der Waals surface area contributed by atoms with Crippen molar-refractivity contribution >= 4 is 23.4 Å². The Morgan fingerprint density at radius 1 is 1.12 bits per heavy atom. The number of aryl methyl sites for hydroxylation is 1. The molecule has 0 saturated carbocycles. The molecule has 0 aliphatic rings. The second kappa shape index (κ2) is 9.04. The SMILES string of the molecule is CCC(=O)c1c(C)cccc1Oc1nc(Nc2ccc(C(=O)O)cc2)ncc1C(F)(F)F. The lowest BCUT2D eigenvalue weighted by atomic mass is 10.0. The van der Waals surface area contributed by atoms with Crippen LogP contribution in [0.3, 0.4) is 0 Å². The van der Waals surface area contributed by atoms with Crippen LogP contribution in [-0.4, -0.2) is 26.8 Å². The van der Waals surface area contributed by atoms with Crippen molar-refractivity contribution in [3.63, 3.8) is 0 Å². The van der Waals surface area contributed by atoms with Gasteiger partial charge in [-0.15, -0.1) is 0 Å². The summed E-state index contributed by atoms with van der Waals surface area (Å²) < 4.78 is 46.1. The lowest BCUT2D eigenvalue weighted by Crippen LogP contribution is -2.12. The van der Waals surface area contributed by atoms with Crippen LogP contribution in [0.25, 0.3) is 0 Å². The number of anilines is 2. The molecule has 1 aromatic heterocycles. The Hall–Kier alpha value is -3.95. The summed E-state index contributed by atoms with van der Waals surface area (Å²) in [5, 5.41) is 11.7. The minimum absolute atomic E-state index is 0.0421. The second-order valence-corrected chi connectivity index (χ2v) is 6.74. The van der Waals surface area contributed by atoms with Crippen molar-refractivity contribution in [1.29, 1.82) is 0 Å². The summed E-state index contributed by atoms with van der Waals surface area (Å²) in [7, 11) is 0. The summed E-state index contributed by atoms with van der Waals surface area (Å²) >= 11 is 0. The Morgan fingerprint density at radius 2 is 1.81 bits per heavy atom. The van der Waals surface area contributed by atoms with Gasteiger partial charge in [0.05, 0.1) is 11.1 Å². The largest absolute Gasteiger partial charge is 0.478 e. The molecular formula is C22H18F3N3O4. The van der Waals surface area contributed by atoms with Crippen molar-refractivity contribution in [2.75, 3.05) is 5.32 Å². The molecule has 0 atom stereocenters. The Kier molecular flexibility index (Phi) is 6.42. The number of nitrogens with one attached hydrogen (secondary N) is 1. The summed E-state index contributed by atoms with van der Waals surface area (Å²) in [5.41, 5.74) is -0.0615. The molecule has 0 aliphatic carbocycles. The first-order valence-corrected chi connectivity index (χ1v) is 9.45. The number of ketones is 1. The van der Waals surface area contributed by atoms with Crippen LogP contribution in [0.15, 0.2) is 48.7 Å². The molecule has 2 N–H and O–H groups in total. The number of Topliss-reactive ketones (excluding diaryl/α,β-unsaturated/α-hetero) is 1. The van der Waals surface area contributed by atoms with Gasteiger partial charge in [-0.05, 0) is 42.8 Å². The lowest BCUT2D eigenvalue weighted by Gasteiger charge is -2.16. The Labute approximate surface area is 180 Å². The van der Waals surface area contributed by atoms with E-state index in [-0.39, 0.29) is 35.0 Å². The van der Waals surface area contributed by atoms with Crippen molar-refractivity contribution in [3.8, 4) is 11.6 Å². The van der Waals surface area contributed by atoms with Gasteiger partial charge in [0.15, 0.2) is 5.78 Å². The van der Waals surface area contributed by atoms with E-state index in [0.717, 1.165) is 0 Å². The molecule has 10 heteroatoms. The molecule has 1 heterocycles. The molecule has 7 nitrogen and oxygen atoms in total. The highest BCUT2D eigenvalue weighted by atomic mass is 19.4. The van der Waals surface area contributed by atoms with Crippen LogP contribution in [0.5, 0.6) is 11.6 Å². The number of carbonyl (C=O) groups excluding carboxylic acids is 1. The first kappa shape index (κ1) is 22.7. The van der Waals surface area contributed by atoms with Gasteiger partial charge in [0.2, 0.25) is 11.8 Å². The standard InChI is InChI=1S/C22H18F3N3O4/c1-3-16(29)18-12(2)5-4-6-17(18)32-19-15(22(23,24)25)11-26-21(28-19)27-14-9-7-13(8-10-14)20(30)31/h4-11H,3H2,1-2H3,(H,30,31)(H,26,27,28). The number of hydrogen-bond donors (Lipinski definition) is 2. The highest BCUT2D eigenvalue weighted by Gasteiger charge is 2.37. The number of carboxylic acids is 1. The number of benzene rings is 2. The minimum Gasteiger partial charge on any atom is -0.478 e. The van der Waals surface area contributed by atoms with Crippen LogP contribution in [-0.2, 0) is 6.18 Å². The molecule has 166 valence electrons. The maximum absolute atomic E-state index is 13.5. The maximum atomic E-state index is 13.5. The third-order valence-electron chi connectivity index (χ3n) is 4.49. The molecule has 0 radical (unpaired) electrons. The number of carboxylic acid groups (broad SMARTS) is 1. The van der Waals surface area contributed by atoms with Gasteiger partial charge in [-0.2, -0.15) is 18.2 Å². The molecule has 0 amide bonds. The average Bonchev–Trinajstić information content (AvgIpc) is 2.73. The van der Waals surface area contributed by atoms with E-state index in [0.29, 0.717) is 17.4 Å². The van der Waals surface area contributed by atoms with E-state index in [1.807, 2.05) is 0 Å².